The van der Waals surface area contributed by atoms with Crippen molar-refractivity contribution in [3.05, 3.63) is 23.9 Å². The Kier molecular flexibility index (Phi) is 3.22. The summed E-state index contributed by atoms with van der Waals surface area (Å²) in [6.07, 6.45) is 6.68. The number of pyridine rings is 1. The molecule has 22 heavy (non-hydrogen) atoms. The smallest absolute Gasteiger partial charge is 0.315 e. The largest absolute Gasteiger partial charge is 0.383 e. The summed E-state index contributed by atoms with van der Waals surface area (Å²) in [7, 11) is 0. The van der Waals surface area contributed by atoms with Crippen molar-refractivity contribution in [2.45, 2.75) is 44.4 Å². The Bertz CT molecular complexity index is 587. The molecule has 1 aromatic heterocycles. The summed E-state index contributed by atoms with van der Waals surface area (Å²) in [5.74, 6) is 0.959. The number of hydrogen-bond acceptors (Lipinski definition) is 4. The molecule has 118 valence electrons. The first kappa shape index (κ1) is 13.8. The van der Waals surface area contributed by atoms with Crippen LogP contribution in [0.25, 0.3) is 0 Å². The van der Waals surface area contributed by atoms with Crippen molar-refractivity contribution in [1.29, 1.82) is 0 Å². The fraction of sp³-hybridized carbons (Fsp3) is 0.625. The van der Waals surface area contributed by atoms with Gasteiger partial charge < -0.3 is 21.1 Å². The van der Waals surface area contributed by atoms with Crippen LogP contribution in [0.5, 0.6) is 0 Å². The van der Waals surface area contributed by atoms with Gasteiger partial charge in [0, 0.05) is 42.3 Å². The molecule has 3 atom stereocenters. The van der Waals surface area contributed by atoms with Gasteiger partial charge in [-0.3, -0.25) is 0 Å². The molecule has 1 aromatic rings. The van der Waals surface area contributed by atoms with E-state index in [1.165, 1.54) is 19.3 Å². The Labute approximate surface area is 129 Å². The molecule has 0 aromatic carbocycles. The van der Waals surface area contributed by atoms with E-state index < -0.39 is 0 Å². The lowest BCUT2D eigenvalue weighted by atomic mass is 9.46. The summed E-state index contributed by atoms with van der Waals surface area (Å²) in [6, 6.07) is 3.84. The number of rotatable bonds is 3. The van der Waals surface area contributed by atoms with Gasteiger partial charge in [0.1, 0.15) is 5.82 Å². The quantitative estimate of drug-likeness (QED) is 0.788. The van der Waals surface area contributed by atoms with Crippen LogP contribution >= 0.6 is 0 Å². The number of nitrogens with two attached hydrogens (primary N) is 1. The number of urea groups is 1. The molecule has 6 heteroatoms. The number of carbonyl (C=O) groups is 1. The van der Waals surface area contributed by atoms with Crippen LogP contribution < -0.4 is 16.4 Å². The van der Waals surface area contributed by atoms with E-state index in [-0.39, 0.29) is 17.5 Å². The molecule has 1 spiro atoms. The second-order valence-corrected chi connectivity index (χ2v) is 6.68. The van der Waals surface area contributed by atoms with E-state index >= 15 is 0 Å². The first-order valence-corrected chi connectivity index (χ1v) is 8.06. The van der Waals surface area contributed by atoms with Gasteiger partial charge >= 0.3 is 6.03 Å². The number of fused-ring (bicyclic) bond motifs is 2. The van der Waals surface area contributed by atoms with Crippen LogP contribution in [0.15, 0.2) is 18.3 Å². The maximum Gasteiger partial charge on any atom is 0.315 e. The Morgan fingerprint density at radius 1 is 1.50 bits per heavy atom. The number of nitrogens with zero attached hydrogens (tertiary/aromatic N) is 1. The monoisotopic (exact) mass is 302 g/mol. The number of nitrogens with one attached hydrogen (secondary N) is 2. The number of hydrogen-bond donors (Lipinski definition) is 3. The third-order valence-electron chi connectivity index (χ3n) is 5.69. The van der Waals surface area contributed by atoms with E-state index in [0.29, 0.717) is 24.4 Å². The third-order valence-corrected chi connectivity index (χ3v) is 5.69. The molecule has 0 radical (unpaired) electrons. The highest BCUT2D eigenvalue weighted by Gasteiger charge is 2.66. The molecule has 3 fully saturated rings. The number of nitrogen functional groups attached to an aromatic ring is 1. The molecular weight excluding hydrogens is 280 g/mol. The molecule has 0 bridgehead atoms. The van der Waals surface area contributed by atoms with Gasteiger partial charge in [-0.2, -0.15) is 0 Å². The van der Waals surface area contributed by atoms with Gasteiger partial charge in [0.05, 0.1) is 6.10 Å². The molecule has 2 heterocycles. The maximum atomic E-state index is 12.2. The van der Waals surface area contributed by atoms with Crippen LogP contribution in [0.1, 0.15) is 31.2 Å². The molecule has 6 nitrogen and oxygen atoms in total. The van der Waals surface area contributed by atoms with E-state index in [0.717, 1.165) is 18.6 Å². The molecule has 1 aliphatic heterocycles. The van der Waals surface area contributed by atoms with Crippen molar-refractivity contribution >= 4 is 11.8 Å². The van der Waals surface area contributed by atoms with E-state index in [1.54, 1.807) is 6.20 Å². The van der Waals surface area contributed by atoms with Crippen molar-refractivity contribution < 1.29 is 9.53 Å². The predicted molar refractivity (Wildman–Crippen MR) is 81.9 cm³/mol. The van der Waals surface area contributed by atoms with Crippen LogP contribution in [0, 0.1) is 11.3 Å². The van der Waals surface area contributed by atoms with Crippen molar-refractivity contribution in [3.63, 3.8) is 0 Å². The molecular formula is C16H22N4O2. The minimum atomic E-state index is -0.120. The van der Waals surface area contributed by atoms with Crippen molar-refractivity contribution in [2.24, 2.45) is 11.3 Å². The summed E-state index contributed by atoms with van der Waals surface area (Å²) in [6.45, 7) is 1.24. The zero-order valence-corrected chi connectivity index (χ0v) is 12.5. The van der Waals surface area contributed by atoms with Gasteiger partial charge in [-0.1, -0.05) is 12.5 Å². The first-order valence-electron chi connectivity index (χ1n) is 8.06. The van der Waals surface area contributed by atoms with Gasteiger partial charge in [-0.05, 0) is 25.3 Å². The van der Waals surface area contributed by atoms with Gasteiger partial charge in [-0.15, -0.1) is 0 Å². The van der Waals surface area contributed by atoms with Crippen molar-refractivity contribution in [1.82, 2.24) is 15.6 Å². The average Bonchev–Trinajstić information content (AvgIpc) is 2.87. The molecule has 4 rings (SSSR count). The predicted octanol–water partition coefficient (Wildman–Crippen LogP) is 1.42. The minimum Gasteiger partial charge on any atom is -0.383 e. The zero-order valence-electron chi connectivity index (χ0n) is 12.5. The highest BCUT2D eigenvalue weighted by Crippen LogP contribution is 2.62. The number of aromatic nitrogens is 1. The van der Waals surface area contributed by atoms with Crippen LogP contribution in [0.4, 0.5) is 10.6 Å². The standard InChI is InChI=1S/C16H22N4O2/c17-14-10(3-1-7-18-14)9-19-15(21)20-12-11-4-8-22-13(11)16(12)5-2-6-16/h1,3,7,11-13H,2,4-6,8-9H2,(H2,17,18)(H2,19,20,21). The fourth-order valence-corrected chi connectivity index (χ4v) is 4.42. The van der Waals surface area contributed by atoms with Crippen molar-refractivity contribution in [2.75, 3.05) is 12.3 Å². The van der Waals surface area contributed by atoms with E-state index in [2.05, 4.69) is 15.6 Å². The topological polar surface area (TPSA) is 89.3 Å². The second-order valence-electron chi connectivity index (χ2n) is 6.68. The summed E-state index contributed by atoms with van der Waals surface area (Å²) in [5.41, 5.74) is 6.84. The Morgan fingerprint density at radius 2 is 2.36 bits per heavy atom. The highest BCUT2D eigenvalue weighted by atomic mass is 16.5. The molecule has 1 saturated heterocycles. The van der Waals surface area contributed by atoms with Gasteiger partial charge in [0.15, 0.2) is 0 Å². The van der Waals surface area contributed by atoms with Gasteiger partial charge in [-0.25, -0.2) is 9.78 Å². The molecule has 4 N–H and O–H groups in total. The van der Waals surface area contributed by atoms with E-state index in [4.69, 9.17) is 10.5 Å². The molecule has 2 saturated carbocycles. The number of amides is 2. The Balaban J connectivity index is 1.35. The van der Waals surface area contributed by atoms with Crippen LogP contribution in [-0.2, 0) is 11.3 Å². The van der Waals surface area contributed by atoms with Crippen LogP contribution in [-0.4, -0.2) is 29.8 Å². The lowest BCUT2D eigenvalue weighted by Gasteiger charge is -2.63. The SMILES string of the molecule is Nc1ncccc1CNC(=O)NC1C2CCOC2C12CCC2. The lowest BCUT2D eigenvalue weighted by Crippen LogP contribution is -2.72. The maximum absolute atomic E-state index is 12.2. The summed E-state index contributed by atoms with van der Waals surface area (Å²) in [4.78, 5) is 16.2. The van der Waals surface area contributed by atoms with E-state index in [1.807, 2.05) is 12.1 Å². The molecule has 2 aliphatic carbocycles. The zero-order chi connectivity index (χ0) is 15.2. The lowest BCUT2D eigenvalue weighted by molar-refractivity contribution is -0.172. The van der Waals surface area contributed by atoms with Crippen LogP contribution in [0.3, 0.4) is 0 Å². The number of anilines is 1. The number of ether oxygens (including phenoxy) is 1. The van der Waals surface area contributed by atoms with Gasteiger partial charge in [0.25, 0.3) is 0 Å². The Morgan fingerprint density at radius 3 is 3.09 bits per heavy atom. The molecule has 2 amide bonds. The van der Waals surface area contributed by atoms with Gasteiger partial charge in [0.2, 0.25) is 0 Å². The Hall–Kier alpha value is -1.82. The van der Waals surface area contributed by atoms with Crippen LogP contribution in [0.2, 0.25) is 0 Å². The number of carbonyl (C=O) groups excluding carboxylic acids is 1. The summed E-state index contributed by atoms with van der Waals surface area (Å²) < 4.78 is 5.87. The van der Waals surface area contributed by atoms with Crippen molar-refractivity contribution in [3.8, 4) is 0 Å². The molecule has 3 aliphatic rings. The average molecular weight is 302 g/mol. The van der Waals surface area contributed by atoms with E-state index in [9.17, 15) is 4.79 Å². The highest BCUT2D eigenvalue weighted by molar-refractivity contribution is 5.75. The minimum absolute atomic E-state index is 0.120. The third kappa shape index (κ3) is 1.97. The normalized spacial score (nSPS) is 31.0. The second kappa shape index (κ2) is 5.12. The fourth-order valence-electron chi connectivity index (χ4n) is 4.42. The summed E-state index contributed by atoms with van der Waals surface area (Å²) >= 11 is 0. The first-order chi connectivity index (χ1) is 10.7. The molecule has 3 unspecified atom stereocenters. The summed E-state index contributed by atoms with van der Waals surface area (Å²) in [5, 5.41) is 6.07.